The van der Waals surface area contributed by atoms with E-state index in [9.17, 15) is 0 Å². The quantitative estimate of drug-likeness (QED) is 0.752. The molecule has 0 radical (unpaired) electrons. The number of aliphatic imine (C=N–C) groups is 1. The summed E-state index contributed by atoms with van der Waals surface area (Å²) in [6.45, 7) is 2.87. The van der Waals surface area contributed by atoms with Crippen molar-refractivity contribution in [2.75, 3.05) is 11.6 Å². The molecule has 0 bridgehead atoms. The minimum atomic E-state index is 0.885. The molecule has 0 amide bonds. The molecule has 3 heteroatoms. The Hall–Kier alpha value is -2.42. The van der Waals surface area contributed by atoms with Crippen LogP contribution in [-0.4, -0.2) is 18.6 Å². The predicted octanol–water partition coefficient (Wildman–Crippen LogP) is 4.01. The van der Waals surface area contributed by atoms with E-state index in [0.717, 1.165) is 24.5 Å². The lowest BCUT2D eigenvalue weighted by Gasteiger charge is -2.13. The first-order valence-electron chi connectivity index (χ1n) is 6.86. The van der Waals surface area contributed by atoms with E-state index < -0.39 is 0 Å². The van der Waals surface area contributed by atoms with Gasteiger partial charge in [-0.3, -0.25) is 5.01 Å². The standard InChI is InChI=1S/C17H17N3/c1-2-3-11-18-17-10-12-20(19-17)16-9-8-14-6-4-5-7-15(14)13-16/h2-9,11,13H,10,12H2,1H3. The van der Waals surface area contributed by atoms with Gasteiger partial charge in [-0.2, -0.15) is 5.10 Å². The molecular formula is C17H17N3. The summed E-state index contributed by atoms with van der Waals surface area (Å²) in [6, 6.07) is 14.8. The van der Waals surface area contributed by atoms with E-state index in [2.05, 4.69) is 52.6 Å². The van der Waals surface area contributed by atoms with E-state index in [-0.39, 0.29) is 0 Å². The van der Waals surface area contributed by atoms with Crippen LogP contribution in [0.25, 0.3) is 10.8 Å². The monoisotopic (exact) mass is 263 g/mol. The van der Waals surface area contributed by atoms with E-state index in [1.165, 1.54) is 10.8 Å². The van der Waals surface area contributed by atoms with Crippen molar-refractivity contribution in [2.24, 2.45) is 10.1 Å². The molecule has 3 nitrogen and oxygen atoms in total. The number of fused-ring (bicyclic) bond motifs is 1. The average molecular weight is 263 g/mol. The maximum absolute atomic E-state index is 4.56. The number of nitrogens with zero attached hydrogens (tertiary/aromatic N) is 3. The van der Waals surface area contributed by atoms with Crippen LogP contribution in [0.15, 0.2) is 64.7 Å². The van der Waals surface area contributed by atoms with Crippen molar-refractivity contribution in [3.8, 4) is 0 Å². The Morgan fingerprint density at radius 3 is 2.85 bits per heavy atom. The van der Waals surface area contributed by atoms with Gasteiger partial charge in [-0.05, 0) is 35.9 Å². The Balaban J connectivity index is 1.85. The third-order valence-corrected chi connectivity index (χ3v) is 3.32. The SMILES string of the molecule is CC=CC=NC1=NN(c2ccc3ccccc3c2)CC1. The molecule has 0 unspecified atom stereocenters. The molecule has 0 aromatic heterocycles. The average Bonchev–Trinajstić information content (AvgIpc) is 2.96. The molecule has 0 fully saturated rings. The van der Waals surface area contributed by atoms with Gasteiger partial charge in [0.1, 0.15) is 0 Å². The highest BCUT2D eigenvalue weighted by molar-refractivity contribution is 5.94. The molecule has 0 atom stereocenters. The van der Waals surface area contributed by atoms with E-state index in [1.807, 2.05) is 24.1 Å². The molecule has 1 aliphatic heterocycles. The largest absolute Gasteiger partial charge is 0.263 e. The lowest BCUT2D eigenvalue weighted by Crippen LogP contribution is -2.11. The molecule has 1 heterocycles. The van der Waals surface area contributed by atoms with Gasteiger partial charge in [0.15, 0.2) is 5.84 Å². The fourth-order valence-corrected chi connectivity index (χ4v) is 2.27. The fourth-order valence-electron chi connectivity index (χ4n) is 2.27. The van der Waals surface area contributed by atoms with E-state index in [1.54, 1.807) is 6.21 Å². The molecular weight excluding hydrogens is 246 g/mol. The van der Waals surface area contributed by atoms with Gasteiger partial charge in [-0.25, -0.2) is 4.99 Å². The summed E-state index contributed by atoms with van der Waals surface area (Å²) in [6.07, 6.45) is 6.56. The van der Waals surface area contributed by atoms with E-state index in [4.69, 9.17) is 0 Å². The van der Waals surface area contributed by atoms with Crippen LogP contribution in [0, 0.1) is 0 Å². The number of allylic oxidation sites excluding steroid dienone is 2. The van der Waals surface area contributed by atoms with Crippen LogP contribution >= 0.6 is 0 Å². The second-order valence-corrected chi connectivity index (χ2v) is 4.72. The first-order valence-corrected chi connectivity index (χ1v) is 6.86. The van der Waals surface area contributed by atoms with Crippen molar-refractivity contribution < 1.29 is 0 Å². The first-order chi connectivity index (χ1) is 9.86. The van der Waals surface area contributed by atoms with Crippen LogP contribution in [0.3, 0.4) is 0 Å². The molecule has 0 saturated heterocycles. The predicted molar refractivity (Wildman–Crippen MR) is 86.7 cm³/mol. The normalized spacial score (nSPS) is 15.7. The Labute approximate surface area is 118 Å². The highest BCUT2D eigenvalue weighted by Crippen LogP contribution is 2.24. The molecule has 20 heavy (non-hydrogen) atoms. The second-order valence-electron chi connectivity index (χ2n) is 4.72. The fraction of sp³-hybridized carbons (Fsp3) is 0.176. The van der Waals surface area contributed by atoms with Crippen LogP contribution in [-0.2, 0) is 0 Å². The summed E-state index contributed by atoms with van der Waals surface area (Å²) in [5, 5.41) is 9.07. The molecule has 0 saturated carbocycles. The number of anilines is 1. The minimum absolute atomic E-state index is 0.885. The molecule has 1 aliphatic rings. The Kier molecular flexibility index (Phi) is 3.59. The molecule has 2 aromatic rings. The van der Waals surface area contributed by atoms with E-state index in [0.29, 0.717) is 0 Å². The van der Waals surface area contributed by atoms with Crippen molar-refractivity contribution in [3.05, 3.63) is 54.6 Å². The summed E-state index contributed by atoms with van der Waals surface area (Å²) in [4.78, 5) is 4.35. The van der Waals surface area contributed by atoms with Crippen LogP contribution in [0.2, 0.25) is 0 Å². The molecule has 0 N–H and O–H groups in total. The Morgan fingerprint density at radius 1 is 1.15 bits per heavy atom. The van der Waals surface area contributed by atoms with Gasteiger partial charge in [-0.1, -0.05) is 36.4 Å². The van der Waals surface area contributed by atoms with Crippen molar-refractivity contribution >= 4 is 28.5 Å². The smallest absolute Gasteiger partial charge is 0.150 e. The van der Waals surface area contributed by atoms with Crippen molar-refractivity contribution in [2.45, 2.75) is 13.3 Å². The van der Waals surface area contributed by atoms with Gasteiger partial charge in [0.2, 0.25) is 0 Å². The maximum atomic E-state index is 4.56. The zero-order chi connectivity index (χ0) is 13.8. The van der Waals surface area contributed by atoms with Gasteiger partial charge in [0.25, 0.3) is 0 Å². The van der Waals surface area contributed by atoms with Crippen LogP contribution in [0.5, 0.6) is 0 Å². The van der Waals surface area contributed by atoms with Crippen LogP contribution in [0.4, 0.5) is 5.69 Å². The zero-order valence-corrected chi connectivity index (χ0v) is 11.5. The van der Waals surface area contributed by atoms with Gasteiger partial charge in [0.05, 0.1) is 5.69 Å². The maximum Gasteiger partial charge on any atom is 0.150 e. The molecule has 3 rings (SSSR count). The van der Waals surface area contributed by atoms with Gasteiger partial charge in [0, 0.05) is 19.2 Å². The van der Waals surface area contributed by atoms with Crippen LogP contribution < -0.4 is 5.01 Å². The number of rotatable bonds is 2. The first kappa shape index (κ1) is 12.6. The lowest BCUT2D eigenvalue weighted by atomic mass is 10.1. The topological polar surface area (TPSA) is 28.0 Å². The lowest BCUT2D eigenvalue weighted by molar-refractivity contribution is 0.923. The minimum Gasteiger partial charge on any atom is -0.263 e. The third-order valence-electron chi connectivity index (χ3n) is 3.32. The van der Waals surface area contributed by atoms with E-state index >= 15 is 0 Å². The van der Waals surface area contributed by atoms with Gasteiger partial charge in [-0.15, -0.1) is 0 Å². The van der Waals surface area contributed by atoms with Gasteiger partial charge >= 0.3 is 0 Å². The van der Waals surface area contributed by atoms with Crippen molar-refractivity contribution in [1.29, 1.82) is 0 Å². The summed E-state index contributed by atoms with van der Waals surface area (Å²) < 4.78 is 0. The highest BCUT2D eigenvalue weighted by atomic mass is 15.5. The third kappa shape index (κ3) is 2.62. The molecule has 0 spiro atoms. The molecule has 0 aliphatic carbocycles. The highest BCUT2D eigenvalue weighted by Gasteiger charge is 2.15. The van der Waals surface area contributed by atoms with Crippen molar-refractivity contribution in [3.63, 3.8) is 0 Å². The molecule has 100 valence electrons. The number of amidine groups is 1. The summed E-state index contributed by atoms with van der Waals surface area (Å²) in [5.41, 5.74) is 1.12. The summed E-state index contributed by atoms with van der Waals surface area (Å²) in [5.74, 6) is 0.885. The zero-order valence-electron chi connectivity index (χ0n) is 11.5. The summed E-state index contributed by atoms with van der Waals surface area (Å²) in [7, 11) is 0. The van der Waals surface area contributed by atoms with Gasteiger partial charge < -0.3 is 0 Å². The number of hydrogen-bond acceptors (Lipinski definition) is 3. The second kappa shape index (κ2) is 5.70. The number of benzene rings is 2. The Morgan fingerprint density at radius 2 is 2.00 bits per heavy atom. The van der Waals surface area contributed by atoms with Crippen molar-refractivity contribution in [1.82, 2.24) is 0 Å². The molecule has 2 aromatic carbocycles. The summed E-state index contributed by atoms with van der Waals surface area (Å²) >= 11 is 0. The number of hydrogen-bond donors (Lipinski definition) is 0. The Bertz CT molecular complexity index is 698. The van der Waals surface area contributed by atoms with Crippen LogP contribution in [0.1, 0.15) is 13.3 Å². The number of hydrazone groups is 1.